The van der Waals surface area contributed by atoms with E-state index in [1.54, 1.807) is 0 Å². The van der Waals surface area contributed by atoms with Gasteiger partial charge in [0.15, 0.2) is 0 Å². The fourth-order valence-corrected chi connectivity index (χ4v) is 2.31. The normalized spacial score (nSPS) is 22.8. The van der Waals surface area contributed by atoms with Crippen molar-refractivity contribution in [3.8, 4) is 0 Å². The summed E-state index contributed by atoms with van der Waals surface area (Å²) in [6.45, 7) is 2.39. The fraction of sp³-hybridized carbons (Fsp3) is 0.700. The lowest BCUT2D eigenvalue weighted by molar-refractivity contribution is -0.149. The van der Waals surface area contributed by atoms with Gasteiger partial charge in [-0.25, -0.2) is 4.79 Å². The Morgan fingerprint density at radius 1 is 1.67 bits per heavy atom. The van der Waals surface area contributed by atoms with Gasteiger partial charge < -0.3 is 10.0 Å². The van der Waals surface area contributed by atoms with Crippen LogP contribution in [0.25, 0.3) is 0 Å². The molecular formula is C10H16NO3S. The van der Waals surface area contributed by atoms with Gasteiger partial charge in [0, 0.05) is 24.5 Å². The maximum absolute atomic E-state index is 11.9. The highest BCUT2D eigenvalue weighted by Crippen LogP contribution is 2.21. The molecule has 1 heterocycles. The van der Waals surface area contributed by atoms with Crippen LogP contribution in [-0.4, -0.2) is 40.2 Å². The highest BCUT2D eigenvalue weighted by molar-refractivity contribution is 8.00. The lowest BCUT2D eigenvalue weighted by Gasteiger charge is -2.24. The zero-order valence-electron chi connectivity index (χ0n) is 8.81. The summed E-state index contributed by atoms with van der Waals surface area (Å²) in [5.41, 5.74) is 0. The Morgan fingerprint density at radius 2 is 2.33 bits per heavy atom. The Morgan fingerprint density at radius 3 is 2.87 bits per heavy atom. The zero-order chi connectivity index (χ0) is 11.4. The average molecular weight is 230 g/mol. The molecule has 1 unspecified atom stereocenters. The number of aliphatic carboxylic acids is 1. The molecule has 1 fully saturated rings. The topological polar surface area (TPSA) is 57.6 Å². The first kappa shape index (κ1) is 12.4. The predicted octanol–water partition coefficient (Wildman–Crippen LogP) is 1.22. The number of nitrogens with zero attached hydrogens (tertiary/aromatic N) is 1. The second-order valence-corrected chi connectivity index (χ2v) is 4.54. The first-order valence-electron chi connectivity index (χ1n) is 4.98. The van der Waals surface area contributed by atoms with E-state index in [2.05, 4.69) is 6.26 Å². The molecule has 15 heavy (non-hydrogen) atoms. The lowest BCUT2D eigenvalue weighted by Crippen LogP contribution is -2.43. The summed E-state index contributed by atoms with van der Waals surface area (Å²) in [6, 6.07) is -0.616. The van der Waals surface area contributed by atoms with Gasteiger partial charge in [0.1, 0.15) is 6.04 Å². The molecule has 1 saturated heterocycles. The Labute approximate surface area is 94.0 Å². The minimum Gasteiger partial charge on any atom is -0.480 e. The molecule has 4 nitrogen and oxygen atoms in total. The molecule has 5 heteroatoms. The van der Waals surface area contributed by atoms with Crippen LogP contribution < -0.4 is 0 Å². The SMILES string of the molecule is [CH2]SCC(C)C(=O)N1CCC[C@H]1C(=O)O. The van der Waals surface area contributed by atoms with E-state index in [9.17, 15) is 9.59 Å². The van der Waals surface area contributed by atoms with Crippen LogP contribution in [0.1, 0.15) is 19.8 Å². The second-order valence-electron chi connectivity index (χ2n) is 3.80. The van der Waals surface area contributed by atoms with Gasteiger partial charge in [0.25, 0.3) is 0 Å². The third kappa shape index (κ3) is 2.87. The van der Waals surface area contributed by atoms with Gasteiger partial charge in [-0.1, -0.05) is 6.92 Å². The van der Waals surface area contributed by atoms with Crippen LogP contribution in [-0.2, 0) is 9.59 Å². The zero-order valence-corrected chi connectivity index (χ0v) is 9.63. The molecule has 0 spiro atoms. The Kier molecular flexibility index (Phi) is 4.45. The average Bonchev–Trinajstić information content (AvgIpc) is 2.65. The van der Waals surface area contributed by atoms with Gasteiger partial charge in [-0.15, -0.1) is 0 Å². The Hall–Kier alpha value is -0.710. The molecule has 1 amide bonds. The number of amides is 1. The maximum Gasteiger partial charge on any atom is 0.326 e. The van der Waals surface area contributed by atoms with Gasteiger partial charge in [-0.2, -0.15) is 11.8 Å². The summed E-state index contributed by atoms with van der Waals surface area (Å²) >= 11 is 1.36. The molecule has 1 radical (unpaired) electrons. The van der Waals surface area contributed by atoms with Gasteiger partial charge in [-0.3, -0.25) is 4.79 Å². The van der Waals surface area contributed by atoms with E-state index < -0.39 is 12.0 Å². The number of carbonyl (C=O) groups excluding carboxylic acids is 1. The third-order valence-corrected chi connectivity index (χ3v) is 3.35. The number of carboxylic acid groups (broad SMARTS) is 1. The van der Waals surface area contributed by atoms with Crippen molar-refractivity contribution in [1.29, 1.82) is 0 Å². The van der Waals surface area contributed by atoms with Crippen LogP contribution in [0.3, 0.4) is 0 Å². The molecule has 0 aromatic carbocycles. The fourth-order valence-electron chi connectivity index (χ4n) is 1.82. The summed E-state index contributed by atoms with van der Waals surface area (Å²) in [7, 11) is 0. The summed E-state index contributed by atoms with van der Waals surface area (Å²) < 4.78 is 0. The third-order valence-electron chi connectivity index (χ3n) is 2.61. The van der Waals surface area contributed by atoms with E-state index in [1.807, 2.05) is 6.92 Å². The van der Waals surface area contributed by atoms with Crippen molar-refractivity contribution in [2.24, 2.45) is 5.92 Å². The number of thioether (sulfide) groups is 1. The largest absolute Gasteiger partial charge is 0.480 e. The van der Waals surface area contributed by atoms with Gasteiger partial charge in [-0.05, 0) is 12.8 Å². The van der Waals surface area contributed by atoms with E-state index in [1.165, 1.54) is 16.7 Å². The number of hydrogen-bond donors (Lipinski definition) is 1. The number of hydrogen-bond acceptors (Lipinski definition) is 3. The van der Waals surface area contributed by atoms with Gasteiger partial charge >= 0.3 is 5.97 Å². The number of rotatable bonds is 4. The molecular weight excluding hydrogens is 214 g/mol. The van der Waals surface area contributed by atoms with Crippen LogP contribution in [0.5, 0.6) is 0 Å². The van der Waals surface area contributed by atoms with Crippen molar-refractivity contribution in [1.82, 2.24) is 4.90 Å². The molecule has 1 aliphatic rings. The summed E-state index contributed by atoms with van der Waals surface area (Å²) in [4.78, 5) is 24.2. The standard InChI is InChI=1S/C10H16NO3S/c1-7(6-15-2)9(12)11-5-3-4-8(11)10(13)14/h7-8H,2-6H2,1H3,(H,13,14)/t7?,8-/m0/s1. The number of likely N-dealkylation sites (tertiary alicyclic amines) is 1. The summed E-state index contributed by atoms with van der Waals surface area (Å²) in [5.74, 6) is -0.458. The van der Waals surface area contributed by atoms with Crippen molar-refractivity contribution in [2.75, 3.05) is 12.3 Å². The molecule has 0 aromatic rings. The number of carbonyl (C=O) groups is 2. The molecule has 2 atom stereocenters. The minimum absolute atomic E-state index is 0.0592. The Bertz CT molecular complexity index is 257. The molecule has 1 N–H and O–H groups in total. The molecule has 0 bridgehead atoms. The van der Waals surface area contributed by atoms with Crippen molar-refractivity contribution < 1.29 is 14.7 Å². The summed E-state index contributed by atoms with van der Waals surface area (Å²) in [5, 5.41) is 8.93. The predicted molar refractivity (Wildman–Crippen MR) is 59.3 cm³/mol. The molecule has 0 saturated carbocycles. The van der Waals surface area contributed by atoms with E-state index in [4.69, 9.17) is 5.11 Å². The minimum atomic E-state index is -0.893. The highest BCUT2D eigenvalue weighted by atomic mass is 32.2. The highest BCUT2D eigenvalue weighted by Gasteiger charge is 2.35. The molecule has 0 aromatic heterocycles. The van der Waals surface area contributed by atoms with Crippen LogP contribution in [0.15, 0.2) is 0 Å². The van der Waals surface area contributed by atoms with Crippen molar-refractivity contribution in [2.45, 2.75) is 25.8 Å². The van der Waals surface area contributed by atoms with Crippen LogP contribution in [0.4, 0.5) is 0 Å². The maximum atomic E-state index is 11.9. The van der Waals surface area contributed by atoms with Gasteiger partial charge in [0.05, 0.1) is 0 Å². The van der Waals surface area contributed by atoms with E-state index in [-0.39, 0.29) is 11.8 Å². The van der Waals surface area contributed by atoms with Crippen LogP contribution >= 0.6 is 11.8 Å². The van der Waals surface area contributed by atoms with E-state index >= 15 is 0 Å². The first-order valence-corrected chi connectivity index (χ1v) is 6.13. The van der Waals surface area contributed by atoms with Crippen molar-refractivity contribution in [3.63, 3.8) is 0 Å². The smallest absolute Gasteiger partial charge is 0.326 e. The van der Waals surface area contributed by atoms with Crippen molar-refractivity contribution >= 4 is 23.6 Å². The van der Waals surface area contributed by atoms with Crippen molar-refractivity contribution in [3.05, 3.63) is 6.26 Å². The first-order chi connectivity index (χ1) is 7.07. The number of carboxylic acids is 1. The monoisotopic (exact) mass is 230 g/mol. The van der Waals surface area contributed by atoms with Gasteiger partial charge in [0.2, 0.25) is 5.91 Å². The second kappa shape index (κ2) is 5.39. The lowest BCUT2D eigenvalue weighted by atomic mass is 10.1. The van der Waals surface area contributed by atoms with Crippen LogP contribution in [0.2, 0.25) is 0 Å². The summed E-state index contributed by atoms with van der Waals surface area (Å²) in [6.07, 6.45) is 4.98. The van der Waals surface area contributed by atoms with Crippen LogP contribution in [0, 0.1) is 12.2 Å². The van der Waals surface area contributed by atoms with E-state index in [0.29, 0.717) is 18.7 Å². The van der Waals surface area contributed by atoms with E-state index in [0.717, 1.165) is 6.42 Å². The molecule has 1 rings (SSSR count). The molecule has 85 valence electrons. The quantitative estimate of drug-likeness (QED) is 0.789. The molecule has 0 aliphatic carbocycles. The Balaban J connectivity index is 2.62. The molecule has 1 aliphatic heterocycles.